The SMILES string of the molecule is CC/C=C\C/C=C\C/C=C\C/C=C\CCCOCC(CO)OC(=O)CCCCCCCCCCCCCCCCC. The van der Waals surface area contributed by atoms with E-state index < -0.39 is 6.10 Å². The first-order valence-electron chi connectivity index (χ1n) is 17.2. The van der Waals surface area contributed by atoms with Crippen LogP contribution in [-0.4, -0.2) is 37.0 Å². The Morgan fingerprint density at radius 2 is 1.07 bits per heavy atom. The Balaban J connectivity index is 3.53. The van der Waals surface area contributed by atoms with Gasteiger partial charge in [0.1, 0.15) is 6.10 Å². The lowest BCUT2D eigenvalue weighted by Gasteiger charge is -2.15. The van der Waals surface area contributed by atoms with Gasteiger partial charge in [0.15, 0.2) is 0 Å². The predicted octanol–water partition coefficient (Wildman–Crippen LogP) is 10.8. The fourth-order valence-electron chi connectivity index (χ4n) is 4.63. The van der Waals surface area contributed by atoms with Crippen LogP contribution in [0, 0.1) is 0 Å². The van der Waals surface area contributed by atoms with Crippen LogP contribution in [0.4, 0.5) is 0 Å². The molecule has 0 aliphatic rings. The molecule has 0 aromatic heterocycles. The Morgan fingerprint density at radius 3 is 1.56 bits per heavy atom. The zero-order valence-electron chi connectivity index (χ0n) is 27.0. The van der Waals surface area contributed by atoms with E-state index in [-0.39, 0.29) is 19.2 Å². The Hall–Kier alpha value is -1.65. The summed E-state index contributed by atoms with van der Waals surface area (Å²) >= 11 is 0. The molecule has 0 saturated carbocycles. The van der Waals surface area contributed by atoms with E-state index >= 15 is 0 Å². The molecule has 4 nitrogen and oxygen atoms in total. The van der Waals surface area contributed by atoms with Gasteiger partial charge in [-0.1, -0.05) is 152 Å². The van der Waals surface area contributed by atoms with Crippen LogP contribution >= 0.6 is 0 Å². The number of esters is 1. The van der Waals surface area contributed by atoms with Crippen LogP contribution in [0.5, 0.6) is 0 Å². The maximum atomic E-state index is 12.1. The summed E-state index contributed by atoms with van der Waals surface area (Å²) < 4.78 is 11.0. The van der Waals surface area contributed by atoms with E-state index in [2.05, 4.69) is 62.5 Å². The highest BCUT2D eigenvalue weighted by Crippen LogP contribution is 2.14. The second kappa shape index (κ2) is 34.6. The van der Waals surface area contributed by atoms with Gasteiger partial charge in [-0.15, -0.1) is 0 Å². The van der Waals surface area contributed by atoms with Crippen molar-refractivity contribution < 1.29 is 19.4 Å². The predicted molar refractivity (Wildman–Crippen MR) is 177 cm³/mol. The summed E-state index contributed by atoms with van der Waals surface area (Å²) in [5.41, 5.74) is 0. The molecule has 0 amide bonds. The van der Waals surface area contributed by atoms with E-state index in [4.69, 9.17) is 9.47 Å². The fraction of sp³-hybridized carbons (Fsp3) is 0.757. The van der Waals surface area contributed by atoms with E-state index in [1.807, 2.05) is 0 Å². The highest BCUT2D eigenvalue weighted by atomic mass is 16.6. The lowest BCUT2D eigenvalue weighted by atomic mass is 10.0. The molecule has 0 spiro atoms. The minimum absolute atomic E-state index is 0.193. The number of carbonyl (C=O) groups is 1. The first-order valence-corrected chi connectivity index (χ1v) is 17.2. The number of allylic oxidation sites excluding steroid dienone is 8. The normalized spacial score (nSPS) is 13.0. The first-order chi connectivity index (χ1) is 20.2. The summed E-state index contributed by atoms with van der Waals surface area (Å²) in [5.74, 6) is -0.220. The number of hydrogen-bond acceptors (Lipinski definition) is 4. The highest BCUT2D eigenvalue weighted by molar-refractivity contribution is 5.69. The van der Waals surface area contributed by atoms with Gasteiger partial charge in [-0.3, -0.25) is 4.79 Å². The van der Waals surface area contributed by atoms with Crippen LogP contribution in [0.15, 0.2) is 48.6 Å². The van der Waals surface area contributed by atoms with Gasteiger partial charge < -0.3 is 14.6 Å². The lowest BCUT2D eigenvalue weighted by molar-refractivity contribution is -0.154. The molecule has 0 aromatic rings. The Bertz CT molecular complexity index is 649. The van der Waals surface area contributed by atoms with Gasteiger partial charge in [0.2, 0.25) is 0 Å². The van der Waals surface area contributed by atoms with Crippen molar-refractivity contribution in [3.8, 4) is 0 Å². The topological polar surface area (TPSA) is 55.8 Å². The van der Waals surface area contributed by atoms with Crippen molar-refractivity contribution in [2.24, 2.45) is 0 Å². The second-order valence-corrected chi connectivity index (χ2v) is 11.2. The summed E-state index contributed by atoms with van der Waals surface area (Å²) in [6.07, 6.45) is 43.0. The summed E-state index contributed by atoms with van der Waals surface area (Å²) in [4.78, 5) is 12.1. The molecule has 0 radical (unpaired) electrons. The van der Waals surface area contributed by atoms with Crippen molar-refractivity contribution in [2.45, 2.75) is 161 Å². The Morgan fingerprint density at radius 1 is 0.610 bits per heavy atom. The number of aliphatic hydroxyl groups is 1. The van der Waals surface area contributed by atoms with Crippen molar-refractivity contribution in [2.75, 3.05) is 19.8 Å². The Labute approximate surface area is 254 Å². The monoisotopic (exact) mass is 574 g/mol. The van der Waals surface area contributed by atoms with Crippen LogP contribution in [0.2, 0.25) is 0 Å². The van der Waals surface area contributed by atoms with Crippen LogP contribution in [0.1, 0.15) is 155 Å². The fourth-order valence-corrected chi connectivity index (χ4v) is 4.63. The number of aliphatic hydroxyl groups excluding tert-OH is 1. The zero-order valence-corrected chi connectivity index (χ0v) is 27.0. The second-order valence-electron chi connectivity index (χ2n) is 11.2. The largest absolute Gasteiger partial charge is 0.457 e. The minimum Gasteiger partial charge on any atom is -0.457 e. The number of unbranched alkanes of at least 4 members (excludes halogenated alkanes) is 15. The maximum Gasteiger partial charge on any atom is 0.306 e. The maximum absolute atomic E-state index is 12.1. The summed E-state index contributed by atoms with van der Waals surface area (Å²) in [7, 11) is 0. The molecule has 1 N–H and O–H groups in total. The number of hydrogen-bond donors (Lipinski definition) is 1. The van der Waals surface area contributed by atoms with Gasteiger partial charge in [-0.05, 0) is 44.9 Å². The third-order valence-corrected chi connectivity index (χ3v) is 7.17. The molecule has 4 heteroatoms. The number of carbonyl (C=O) groups excluding carboxylic acids is 1. The van der Waals surface area contributed by atoms with Gasteiger partial charge >= 0.3 is 5.97 Å². The van der Waals surface area contributed by atoms with Crippen LogP contribution in [-0.2, 0) is 14.3 Å². The number of rotatable bonds is 31. The van der Waals surface area contributed by atoms with Crippen molar-refractivity contribution in [3.63, 3.8) is 0 Å². The molecular weight excluding hydrogens is 508 g/mol. The average molecular weight is 575 g/mol. The standard InChI is InChI=1S/C37H66O4/c1-3-5-7-9-11-13-15-17-19-20-22-24-26-28-30-32-37(39)41-36(34-38)35-40-33-31-29-27-25-23-21-18-16-14-12-10-8-6-4-2/h6,8,12,14,18,21,25,27,36,38H,3-5,7,9-11,13,15-17,19-20,22-24,26,28-35H2,1-2H3/b8-6-,14-12-,21-18-,27-25-. The van der Waals surface area contributed by atoms with E-state index in [1.54, 1.807) is 0 Å². The molecule has 1 atom stereocenters. The molecular formula is C37H66O4. The average Bonchev–Trinajstić information content (AvgIpc) is 2.98. The highest BCUT2D eigenvalue weighted by Gasteiger charge is 2.13. The third-order valence-electron chi connectivity index (χ3n) is 7.17. The van der Waals surface area contributed by atoms with E-state index in [9.17, 15) is 9.90 Å². The molecule has 0 fully saturated rings. The zero-order chi connectivity index (χ0) is 29.9. The van der Waals surface area contributed by atoms with Crippen molar-refractivity contribution in [1.82, 2.24) is 0 Å². The van der Waals surface area contributed by atoms with E-state index in [0.29, 0.717) is 13.0 Å². The molecule has 0 saturated heterocycles. The van der Waals surface area contributed by atoms with Gasteiger partial charge in [0, 0.05) is 13.0 Å². The molecule has 0 heterocycles. The molecule has 0 aliphatic heterocycles. The van der Waals surface area contributed by atoms with Crippen molar-refractivity contribution in [1.29, 1.82) is 0 Å². The molecule has 0 aliphatic carbocycles. The molecule has 0 bridgehead atoms. The van der Waals surface area contributed by atoms with Crippen LogP contribution < -0.4 is 0 Å². The first kappa shape index (κ1) is 39.4. The minimum atomic E-state index is -0.559. The van der Waals surface area contributed by atoms with Crippen molar-refractivity contribution >= 4 is 5.97 Å². The number of ether oxygens (including phenoxy) is 2. The summed E-state index contributed by atoms with van der Waals surface area (Å²) in [6, 6.07) is 0. The smallest absolute Gasteiger partial charge is 0.306 e. The van der Waals surface area contributed by atoms with Gasteiger partial charge in [0.05, 0.1) is 13.2 Å². The molecule has 41 heavy (non-hydrogen) atoms. The molecule has 238 valence electrons. The molecule has 1 unspecified atom stereocenters. The van der Waals surface area contributed by atoms with Crippen LogP contribution in [0.25, 0.3) is 0 Å². The Kier molecular flexibility index (Phi) is 33.2. The van der Waals surface area contributed by atoms with Gasteiger partial charge in [-0.25, -0.2) is 0 Å². The summed E-state index contributed by atoms with van der Waals surface area (Å²) in [6.45, 7) is 5.09. The quantitative estimate of drug-likeness (QED) is 0.0508. The van der Waals surface area contributed by atoms with Crippen molar-refractivity contribution in [3.05, 3.63) is 48.6 Å². The third kappa shape index (κ3) is 32.7. The van der Waals surface area contributed by atoms with E-state index in [1.165, 1.54) is 83.5 Å². The van der Waals surface area contributed by atoms with E-state index in [0.717, 1.165) is 51.4 Å². The van der Waals surface area contributed by atoms with Crippen LogP contribution in [0.3, 0.4) is 0 Å². The van der Waals surface area contributed by atoms with Gasteiger partial charge in [0.25, 0.3) is 0 Å². The molecule has 0 rings (SSSR count). The lowest BCUT2D eigenvalue weighted by Crippen LogP contribution is -2.27. The summed E-state index contributed by atoms with van der Waals surface area (Å²) in [5, 5.41) is 9.52. The van der Waals surface area contributed by atoms with Gasteiger partial charge in [-0.2, -0.15) is 0 Å². The molecule has 0 aromatic carbocycles.